The molecule has 2 rings (SSSR count). The van der Waals surface area contributed by atoms with Gasteiger partial charge < -0.3 is 5.32 Å². The van der Waals surface area contributed by atoms with Crippen molar-refractivity contribution in [2.75, 3.05) is 0 Å². The summed E-state index contributed by atoms with van der Waals surface area (Å²) in [6.45, 7) is 5.46. The Morgan fingerprint density at radius 3 is 2.23 bits per heavy atom. The van der Waals surface area contributed by atoms with E-state index in [4.69, 9.17) is 23.2 Å². The standard InChI is InChI=1S/C18H20Cl2N2O3S/c1-18(2,3)22-26(24,25)16-10-13(6-9-15(16)20)17(23)21-11-12-4-7-14(19)8-5-12/h4-10,22H,11H2,1-3H3,(H,21,23). The minimum Gasteiger partial charge on any atom is -0.348 e. The molecule has 0 atom stereocenters. The van der Waals surface area contributed by atoms with Gasteiger partial charge in [0.15, 0.2) is 0 Å². The minimum atomic E-state index is -3.85. The van der Waals surface area contributed by atoms with Crippen LogP contribution in [0.4, 0.5) is 0 Å². The second-order valence-corrected chi connectivity index (χ2v) is 9.30. The molecule has 0 saturated carbocycles. The Hall–Kier alpha value is -1.60. The Balaban J connectivity index is 2.20. The van der Waals surface area contributed by atoms with Crippen molar-refractivity contribution in [1.29, 1.82) is 0 Å². The highest BCUT2D eigenvalue weighted by molar-refractivity contribution is 7.89. The van der Waals surface area contributed by atoms with Crippen LogP contribution in [-0.2, 0) is 16.6 Å². The van der Waals surface area contributed by atoms with Crippen LogP contribution in [0.5, 0.6) is 0 Å². The highest BCUT2D eigenvalue weighted by Crippen LogP contribution is 2.24. The summed E-state index contributed by atoms with van der Waals surface area (Å²) >= 11 is 11.9. The summed E-state index contributed by atoms with van der Waals surface area (Å²) in [6, 6.07) is 11.2. The van der Waals surface area contributed by atoms with Crippen LogP contribution in [0.2, 0.25) is 10.0 Å². The predicted molar refractivity (Wildman–Crippen MR) is 104 cm³/mol. The van der Waals surface area contributed by atoms with Crippen molar-refractivity contribution < 1.29 is 13.2 Å². The summed E-state index contributed by atoms with van der Waals surface area (Å²) < 4.78 is 27.6. The van der Waals surface area contributed by atoms with Gasteiger partial charge in [-0.05, 0) is 56.7 Å². The molecule has 2 N–H and O–H groups in total. The highest BCUT2D eigenvalue weighted by Gasteiger charge is 2.25. The second-order valence-electron chi connectivity index (χ2n) is 6.81. The van der Waals surface area contributed by atoms with Crippen LogP contribution in [0.1, 0.15) is 36.7 Å². The Labute approximate surface area is 163 Å². The largest absolute Gasteiger partial charge is 0.348 e. The molecule has 0 fully saturated rings. The predicted octanol–water partition coefficient (Wildman–Crippen LogP) is 4.00. The average molecular weight is 415 g/mol. The fraction of sp³-hybridized carbons (Fsp3) is 0.278. The fourth-order valence-electron chi connectivity index (χ4n) is 2.20. The summed E-state index contributed by atoms with van der Waals surface area (Å²) in [7, 11) is -3.85. The van der Waals surface area contributed by atoms with Crippen molar-refractivity contribution in [2.24, 2.45) is 0 Å². The molecular weight excluding hydrogens is 395 g/mol. The lowest BCUT2D eigenvalue weighted by atomic mass is 10.1. The van der Waals surface area contributed by atoms with Gasteiger partial charge in [0.05, 0.1) is 5.02 Å². The van der Waals surface area contributed by atoms with Crippen LogP contribution in [0, 0.1) is 0 Å². The Morgan fingerprint density at radius 1 is 1.04 bits per heavy atom. The molecule has 8 heteroatoms. The van der Waals surface area contributed by atoms with Crippen molar-refractivity contribution in [2.45, 2.75) is 37.8 Å². The zero-order chi connectivity index (χ0) is 19.5. The lowest BCUT2D eigenvalue weighted by Gasteiger charge is -2.21. The van der Waals surface area contributed by atoms with Gasteiger partial charge in [-0.15, -0.1) is 0 Å². The smallest absolute Gasteiger partial charge is 0.251 e. The molecule has 140 valence electrons. The molecule has 2 aromatic rings. The first-order valence-electron chi connectivity index (χ1n) is 7.84. The molecule has 0 bridgehead atoms. The molecule has 0 radical (unpaired) electrons. The Kier molecular flexibility index (Phi) is 6.34. The summed E-state index contributed by atoms with van der Waals surface area (Å²) in [6.07, 6.45) is 0. The molecule has 26 heavy (non-hydrogen) atoms. The van der Waals surface area contributed by atoms with E-state index < -0.39 is 21.5 Å². The first kappa shape index (κ1) is 20.7. The van der Waals surface area contributed by atoms with E-state index in [1.807, 2.05) is 0 Å². The number of halogens is 2. The monoisotopic (exact) mass is 414 g/mol. The normalized spacial score (nSPS) is 12.0. The van der Waals surface area contributed by atoms with Gasteiger partial charge in [-0.25, -0.2) is 13.1 Å². The maximum atomic E-state index is 12.5. The molecule has 0 unspecified atom stereocenters. The molecule has 1 amide bonds. The van der Waals surface area contributed by atoms with Crippen LogP contribution in [0.25, 0.3) is 0 Å². The summed E-state index contributed by atoms with van der Waals surface area (Å²) in [4.78, 5) is 12.2. The summed E-state index contributed by atoms with van der Waals surface area (Å²) in [5.41, 5.74) is 0.409. The quantitative estimate of drug-likeness (QED) is 0.775. The molecule has 0 aliphatic carbocycles. The number of carbonyl (C=O) groups excluding carboxylic acids is 1. The average Bonchev–Trinajstić information content (AvgIpc) is 2.52. The summed E-state index contributed by atoms with van der Waals surface area (Å²) in [5.74, 6) is -0.399. The van der Waals surface area contributed by atoms with Crippen molar-refractivity contribution in [3.8, 4) is 0 Å². The number of hydrogen-bond donors (Lipinski definition) is 2. The van der Waals surface area contributed by atoms with Gasteiger partial charge in [-0.1, -0.05) is 35.3 Å². The van der Waals surface area contributed by atoms with E-state index in [0.29, 0.717) is 11.6 Å². The van der Waals surface area contributed by atoms with Crippen molar-refractivity contribution in [3.05, 3.63) is 63.6 Å². The van der Waals surface area contributed by atoms with E-state index in [0.717, 1.165) is 5.56 Å². The SMILES string of the molecule is CC(C)(C)NS(=O)(=O)c1cc(C(=O)NCc2ccc(Cl)cc2)ccc1Cl. The molecule has 0 aliphatic rings. The van der Waals surface area contributed by atoms with Gasteiger partial charge in [0.1, 0.15) is 4.90 Å². The third kappa shape index (κ3) is 5.71. The highest BCUT2D eigenvalue weighted by atomic mass is 35.5. The third-order valence-electron chi connectivity index (χ3n) is 3.29. The van der Waals surface area contributed by atoms with E-state index in [9.17, 15) is 13.2 Å². The molecule has 0 heterocycles. The van der Waals surface area contributed by atoms with E-state index in [2.05, 4.69) is 10.0 Å². The zero-order valence-corrected chi connectivity index (χ0v) is 17.0. The molecule has 0 saturated heterocycles. The maximum absolute atomic E-state index is 12.5. The first-order chi connectivity index (χ1) is 12.0. The topological polar surface area (TPSA) is 75.3 Å². The van der Waals surface area contributed by atoms with Crippen LogP contribution in [0.3, 0.4) is 0 Å². The number of amides is 1. The third-order valence-corrected chi connectivity index (χ3v) is 5.78. The Bertz CT molecular complexity index is 905. The van der Waals surface area contributed by atoms with Crippen molar-refractivity contribution >= 4 is 39.1 Å². The van der Waals surface area contributed by atoms with Crippen LogP contribution in [-0.4, -0.2) is 19.9 Å². The van der Waals surface area contributed by atoms with Gasteiger partial charge >= 0.3 is 0 Å². The van der Waals surface area contributed by atoms with Gasteiger partial charge in [-0.2, -0.15) is 0 Å². The van der Waals surface area contributed by atoms with E-state index in [1.54, 1.807) is 45.0 Å². The van der Waals surface area contributed by atoms with E-state index >= 15 is 0 Å². The van der Waals surface area contributed by atoms with E-state index in [1.165, 1.54) is 18.2 Å². The molecule has 5 nitrogen and oxygen atoms in total. The molecule has 0 spiro atoms. The number of rotatable bonds is 5. The number of hydrogen-bond acceptors (Lipinski definition) is 3. The van der Waals surface area contributed by atoms with Crippen molar-refractivity contribution in [1.82, 2.24) is 10.0 Å². The minimum absolute atomic E-state index is 0.0519. The van der Waals surface area contributed by atoms with Crippen LogP contribution < -0.4 is 10.0 Å². The number of nitrogens with one attached hydrogen (secondary N) is 2. The van der Waals surface area contributed by atoms with Crippen LogP contribution in [0.15, 0.2) is 47.4 Å². The van der Waals surface area contributed by atoms with Crippen molar-refractivity contribution in [3.63, 3.8) is 0 Å². The summed E-state index contributed by atoms with van der Waals surface area (Å²) in [5, 5.41) is 3.40. The van der Waals surface area contributed by atoms with E-state index in [-0.39, 0.29) is 15.5 Å². The molecular formula is C18H20Cl2N2O3S. The first-order valence-corrected chi connectivity index (χ1v) is 10.1. The number of sulfonamides is 1. The number of carbonyl (C=O) groups is 1. The Morgan fingerprint density at radius 2 is 1.65 bits per heavy atom. The lowest BCUT2D eigenvalue weighted by molar-refractivity contribution is 0.0950. The van der Waals surface area contributed by atoms with Crippen LogP contribution >= 0.6 is 23.2 Å². The molecule has 0 aliphatic heterocycles. The van der Waals surface area contributed by atoms with Gasteiger partial charge in [-0.3, -0.25) is 4.79 Å². The van der Waals surface area contributed by atoms with Gasteiger partial charge in [0.25, 0.3) is 5.91 Å². The van der Waals surface area contributed by atoms with Gasteiger partial charge in [0, 0.05) is 22.7 Å². The maximum Gasteiger partial charge on any atom is 0.251 e. The second kappa shape index (κ2) is 7.96. The fourth-order valence-corrected chi connectivity index (χ4v) is 4.27. The molecule has 0 aromatic heterocycles. The molecule has 2 aromatic carbocycles. The zero-order valence-electron chi connectivity index (χ0n) is 14.6. The van der Waals surface area contributed by atoms with Gasteiger partial charge in [0.2, 0.25) is 10.0 Å². The number of benzene rings is 2. The lowest BCUT2D eigenvalue weighted by Crippen LogP contribution is -2.40.